The van der Waals surface area contributed by atoms with Gasteiger partial charge in [-0.1, -0.05) is 24.9 Å². The van der Waals surface area contributed by atoms with Crippen molar-refractivity contribution >= 4 is 23.7 Å². The van der Waals surface area contributed by atoms with Gasteiger partial charge in [-0.05, 0) is 65.8 Å². The summed E-state index contributed by atoms with van der Waals surface area (Å²) in [6.07, 6.45) is -1.98. The Bertz CT molecular complexity index is 1190. The van der Waals surface area contributed by atoms with Crippen LogP contribution in [0.5, 0.6) is 34.5 Å². The summed E-state index contributed by atoms with van der Waals surface area (Å²) in [5, 5.41) is 0. The Kier molecular flexibility index (Phi) is 14.1. The van der Waals surface area contributed by atoms with Crippen molar-refractivity contribution < 1.29 is 47.5 Å². The predicted octanol–water partition coefficient (Wildman–Crippen LogP) is 7.12. The van der Waals surface area contributed by atoms with Crippen molar-refractivity contribution in [2.75, 3.05) is 26.4 Å². The van der Waals surface area contributed by atoms with Crippen molar-refractivity contribution in [1.82, 2.24) is 0 Å². The molecule has 2 aromatic carbocycles. The average Bonchev–Trinajstić information content (AvgIpc) is 2.94. The summed E-state index contributed by atoms with van der Waals surface area (Å²) in [5.41, 5.74) is 0.471. The largest absolute Gasteiger partial charge is 0.490 e. The minimum Gasteiger partial charge on any atom is -0.490 e. The van der Waals surface area contributed by atoms with Crippen molar-refractivity contribution in [2.24, 2.45) is 0 Å². The van der Waals surface area contributed by atoms with Gasteiger partial charge in [-0.3, -0.25) is 0 Å². The molecule has 11 heteroatoms. The second-order valence-electron chi connectivity index (χ2n) is 9.02. The van der Waals surface area contributed by atoms with E-state index in [0.717, 1.165) is 0 Å². The van der Waals surface area contributed by atoms with Gasteiger partial charge in [0.15, 0.2) is 23.0 Å². The highest BCUT2D eigenvalue weighted by Gasteiger charge is 2.26. The second kappa shape index (κ2) is 17.2. The summed E-state index contributed by atoms with van der Waals surface area (Å²) in [4.78, 5) is 25.6. The molecule has 0 fully saturated rings. The van der Waals surface area contributed by atoms with Crippen LogP contribution >= 0.6 is 11.8 Å². The topological polar surface area (TPSA) is 108 Å². The van der Waals surface area contributed by atoms with E-state index in [9.17, 15) is 9.59 Å². The van der Waals surface area contributed by atoms with Crippen LogP contribution in [0.1, 0.15) is 55.4 Å². The Morgan fingerprint density at radius 2 is 0.977 bits per heavy atom. The normalized spacial score (nSPS) is 11.9. The van der Waals surface area contributed by atoms with E-state index >= 15 is 0 Å². The van der Waals surface area contributed by atoms with Crippen molar-refractivity contribution in [3.05, 3.63) is 48.6 Å². The van der Waals surface area contributed by atoms with Gasteiger partial charge in [0.25, 0.3) is 0 Å². The van der Waals surface area contributed by atoms with Crippen LogP contribution in [0.3, 0.4) is 0 Å². The second-order valence-corrected chi connectivity index (χ2v) is 10.1. The number of rotatable bonds is 18. The molecule has 2 atom stereocenters. The number of carbonyl (C=O) groups excluding carboxylic acids is 2. The van der Waals surface area contributed by atoms with E-state index < -0.39 is 24.5 Å². The minimum atomic E-state index is -0.990. The molecule has 0 radical (unpaired) electrons. The third-order valence-electron chi connectivity index (χ3n) is 5.29. The summed E-state index contributed by atoms with van der Waals surface area (Å²) < 4.78 is 46.7. The van der Waals surface area contributed by atoms with Gasteiger partial charge in [0.1, 0.15) is 0 Å². The summed E-state index contributed by atoms with van der Waals surface area (Å²) >= 11 is 1.27. The van der Waals surface area contributed by atoms with Crippen molar-refractivity contribution in [3.63, 3.8) is 0 Å². The monoisotopic (exact) mass is 618 g/mol. The molecular weight excluding hydrogens is 576 g/mol. The third-order valence-corrected chi connectivity index (χ3v) is 6.37. The molecule has 2 unspecified atom stereocenters. The van der Waals surface area contributed by atoms with E-state index in [1.54, 1.807) is 52.0 Å². The molecule has 0 saturated carbocycles. The molecule has 0 N–H and O–H groups in total. The molecule has 0 saturated heterocycles. The first-order valence-electron chi connectivity index (χ1n) is 14.1. The zero-order chi connectivity index (χ0) is 32.1. The Hall–Kier alpha value is -3.99. The zero-order valence-electron chi connectivity index (χ0n) is 26.2. The molecule has 0 aliphatic heterocycles. The number of ether oxygens (including phenoxy) is 8. The van der Waals surface area contributed by atoms with Gasteiger partial charge in [0.05, 0.1) is 36.2 Å². The van der Waals surface area contributed by atoms with Crippen LogP contribution in [0, 0.1) is 0 Å². The number of hydrogen-bond acceptors (Lipinski definition) is 11. The zero-order valence-corrected chi connectivity index (χ0v) is 27.0. The standard InChI is InChI=1S/C32H42O10S/c1-11-35-23-15-17-25(29(27(23)37-13-3)39-21(9)41-31(33)19(5)6)43-26-18-16-24(36-12-2)28(38-14-4)30(26)40-22(10)42-32(34)20(7)8/h15-18,21-22H,5,7,11-14H2,1-4,6,8-10H3. The maximum Gasteiger partial charge on any atom is 0.336 e. The van der Waals surface area contributed by atoms with Gasteiger partial charge in [0, 0.05) is 25.0 Å². The number of hydrogen-bond donors (Lipinski definition) is 0. The Morgan fingerprint density at radius 3 is 1.28 bits per heavy atom. The van der Waals surface area contributed by atoms with E-state index in [1.165, 1.54) is 11.8 Å². The molecule has 0 aliphatic rings. The fraction of sp³-hybridized carbons (Fsp3) is 0.438. The molecule has 2 aromatic rings. The van der Waals surface area contributed by atoms with Crippen LogP contribution < -0.4 is 28.4 Å². The van der Waals surface area contributed by atoms with E-state index in [0.29, 0.717) is 70.7 Å². The molecule has 0 heterocycles. The Morgan fingerprint density at radius 1 is 0.628 bits per heavy atom. The van der Waals surface area contributed by atoms with E-state index in [-0.39, 0.29) is 11.1 Å². The summed E-state index contributed by atoms with van der Waals surface area (Å²) in [6.45, 7) is 22.4. The molecule has 0 amide bonds. The van der Waals surface area contributed by atoms with Crippen LogP contribution in [-0.4, -0.2) is 50.9 Å². The lowest BCUT2D eigenvalue weighted by Gasteiger charge is -2.24. The molecule has 43 heavy (non-hydrogen) atoms. The van der Waals surface area contributed by atoms with Gasteiger partial charge in [0.2, 0.25) is 24.1 Å². The smallest absolute Gasteiger partial charge is 0.336 e. The Balaban J connectivity index is 2.69. The van der Waals surface area contributed by atoms with Crippen LogP contribution in [0.4, 0.5) is 0 Å². The number of carbonyl (C=O) groups is 2. The molecule has 0 spiro atoms. The van der Waals surface area contributed by atoms with Crippen molar-refractivity contribution in [1.29, 1.82) is 0 Å². The van der Waals surface area contributed by atoms with E-state index in [4.69, 9.17) is 37.9 Å². The molecule has 236 valence electrons. The fourth-order valence-corrected chi connectivity index (χ4v) is 4.51. The quantitative estimate of drug-likeness (QED) is 0.0968. The maximum atomic E-state index is 12.2. The van der Waals surface area contributed by atoms with Crippen molar-refractivity contribution in [2.45, 2.75) is 77.8 Å². The average molecular weight is 619 g/mol. The molecule has 2 rings (SSSR count). The molecule has 0 aromatic heterocycles. The summed E-state index contributed by atoms with van der Waals surface area (Å²) in [5.74, 6) is 0.995. The van der Waals surface area contributed by atoms with Gasteiger partial charge in [-0.15, -0.1) is 0 Å². The first kappa shape index (κ1) is 35.2. The summed E-state index contributed by atoms with van der Waals surface area (Å²) in [7, 11) is 0. The lowest BCUT2D eigenvalue weighted by atomic mass is 10.3. The highest BCUT2D eigenvalue weighted by atomic mass is 32.2. The molecule has 10 nitrogen and oxygen atoms in total. The van der Waals surface area contributed by atoms with Crippen LogP contribution in [0.25, 0.3) is 0 Å². The van der Waals surface area contributed by atoms with Gasteiger partial charge in [-0.2, -0.15) is 0 Å². The fourth-order valence-electron chi connectivity index (χ4n) is 3.54. The third kappa shape index (κ3) is 10.1. The van der Waals surface area contributed by atoms with Crippen LogP contribution in [-0.2, 0) is 19.1 Å². The molecular formula is C32H42O10S. The van der Waals surface area contributed by atoms with Gasteiger partial charge >= 0.3 is 11.9 Å². The molecule has 0 aliphatic carbocycles. The van der Waals surface area contributed by atoms with E-state index in [1.807, 2.05) is 27.7 Å². The SMILES string of the molecule is C=C(C)C(=O)OC(C)Oc1c(Sc2ccc(OCC)c(OCC)c2OC(C)OC(=O)C(=C)C)ccc(OCC)c1OCC. The van der Waals surface area contributed by atoms with Crippen LogP contribution in [0.15, 0.2) is 58.4 Å². The first-order valence-corrected chi connectivity index (χ1v) is 14.9. The number of esters is 2. The van der Waals surface area contributed by atoms with Gasteiger partial charge < -0.3 is 37.9 Å². The van der Waals surface area contributed by atoms with Crippen LogP contribution in [0.2, 0.25) is 0 Å². The lowest BCUT2D eigenvalue weighted by Crippen LogP contribution is -2.22. The predicted molar refractivity (Wildman–Crippen MR) is 164 cm³/mol. The first-order chi connectivity index (χ1) is 20.5. The summed E-state index contributed by atoms with van der Waals surface area (Å²) in [6, 6.07) is 7.13. The highest BCUT2D eigenvalue weighted by molar-refractivity contribution is 7.99. The number of benzene rings is 2. The lowest BCUT2D eigenvalue weighted by molar-refractivity contribution is -0.157. The highest BCUT2D eigenvalue weighted by Crippen LogP contribution is 2.52. The van der Waals surface area contributed by atoms with Crippen molar-refractivity contribution in [3.8, 4) is 34.5 Å². The maximum absolute atomic E-state index is 12.2. The van der Waals surface area contributed by atoms with E-state index in [2.05, 4.69) is 13.2 Å². The Labute approximate surface area is 258 Å². The van der Waals surface area contributed by atoms with Gasteiger partial charge in [-0.25, -0.2) is 9.59 Å². The minimum absolute atomic E-state index is 0.235. The molecule has 0 bridgehead atoms.